The fraction of sp³-hybridized carbons (Fsp3) is 0.400. The van der Waals surface area contributed by atoms with Gasteiger partial charge in [0, 0.05) is 5.02 Å². The largest absolute Gasteiger partial charge is 0.412 e. The average molecular weight is 822 g/mol. The molecule has 0 N–H and O–H groups in total. The van der Waals surface area contributed by atoms with Gasteiger partial charge in [-0.15, -0.1) is 0 Å². The molecule has 0 amide bonds. The summed E-state index contributed by atoms with van der Waals surface area (Å²) in [6, 6.07) is 47.1. The van der Waals surface area contributed by atoms with Crippen molar-refractivity contribution in [1.82, 2.24) is 0 Å². The van der Waals surface area contributed by atoms with E-state index in [0.717, 1.165) is 33.4 Å². The van der Waals surface area contributed by atoms with Crippen molar-refractivity contribution in [3.63, 3.8) is 0 Å². The van der Waals surface area contributed by atoms with Gasteiger partial charge in [0.2, 0.25) is 8.32 Å². The molecular weight excluding hydrogens is 760 g/mol. The number of hydrogen-bond acceptors (Lipinski definition) is 6. The van der Waals surface area contributed by atoms with Crippen molar-refractivity contribution in [2.45, 2.75) is 122 Å². The quantitative estimate of drug-likeness (QED) is 0.0729. The van der Waals surface area contributed by atoms with Crippen LogP contribution in [0.15, 0.2) is 140 Å². The van der Waals surface area contributed by atoms with Crippen molar-refractivity contribution in [3.8, 4) is 0 Å². The van der Waals surface area contributed by atoms with Crippen LogP contribution in [0.3, 0.4) is 0 Å². The van der Waals surface area contributed by atoms with Gasteiger partial charge in [0.15, 0.2) is 0 Å². The Hall–Kier alpha value is -3.63. The van der Waals surface area contributed by atoms with E-state index >= 15 is 0 Å². The lowest BCUT2D eigenvalue weighted by atomic mass is 9.89. The molecule has 1 saturated heterocycles. The molecule has 6 rings (SSSR count). The molecule has 0 spiro atoms. The summed E-state index contributed by atoms with van der Waals surface area (Å²) in [6.07, 6.45) is -2.64. The first-order chi connectivity index (χ1) is 28.2. The highest BCUT2D eigenvalue weighted by Crippen LogP contribution is 2.44. The van der Waals surface area contributed by atoms with Crippen LogP contribution >= 0.6 is 11.6 Å². The third kappa shape index (κ3) is 11.3. The average Bonchev–Trinajstić information content (AvgIpc) is 3.23. The molecule has 0 aliphatic carbocycles. The van der Waals surface area contributed by atoms with Gasteiger partial charge in [0.05, 0.1) is 39.6 Å². The first-order valence-electron chi connectivity index (χ1n) is 20.8. The number of hydrogen-bond donors (Lipinski definition) is 0. The Balaban J connectivity index is 1.39. The Bertz CT molecular complexity index is 1910. The summed E-state index contributed by atoms with van der Waals surface area (Å²) in [5, 5.41) is 0.671. The summed E-state index contributed by atoms with van der Waals surface area (Å²) in [7, 11) is -2.18. The van der Waals surface area contributed by atoms with Crippen LogP contribution in [0.2, 0.25) is 21.6 Å². The molecule has 58 heavy (non-hydrogen) atoms. The van der Waals surface area contributed by atoms with E-state index in [9.17, 15) is 0 Å². The van der Waals surface area contributed by atoms with E-state index in [-0.39, 0.29) is 6.61 Å². The minimum absolute atomic E-state index is 0.288. The lowest BCUT2D eigenvalue weighted by molar-refractivity contribution is -0.275. The van der Waals surface area contributed by atoms with Gasteiger partial charge >= 0.3 is 0 Å². The summed E-state index contributed by atoms with van der Waals surface area (Å²) in [6.45, 7) is 16.1. The SMILES string of the molecule is CC(C)[Si](OCc1cc(C2O[C@H](COCc3ccccc3)[C@@H](OCc3ccccc3)[C@H](OCc3ccccc3)[C@H]2OCc2ccccc2)ccc1Cl)(C(C)C)C(C)C. The lowest BCUT2D eigenvalue weighted by Gasteiger charge is -2.46. The van der Waals surface area contributed by atoms with E-state index in [1.165, 1.54) is 0 Å². The maximum Gasteiger partial charge on any atom is 0.200 e. The normalized spacial score (nSPS) is 19.9. The van der Waals surface area contributed by atoms with Crippen LogP contribution in [0.4, 0.5) is 0 Å². The van der Waals surface area contributed by atoms with Crippen LogP contribution in [0.25, 0.3) is 0 Å². The van der Waals surface area contributed by atoms with E-state index in [1.54, 1.807) is 0 Å². The Morgan fingerprint density at radius 1 is 0.517 bits per heavy atom. The van der Waals surface area contributed by atoms with Crippen molar-refractivity contribution in [2.75, 3.05) is 6.61 Å². The lowest BCUT2D eigenvalue weighted by Crippen LogP contribution is -2.58. The van der Waals surface area contributed by atoms with Crippen molar-refractivity contribution in [2.24, 2.45) is 0 Å². The van der Waals surface area contributed by atoms with Crippen LogP contribution in [0, 0.1) is 0 Å². The second kappa shape index (κ2) is 21.6. The van der Waals surface area contributed by atoms with Gasteiger partial charge in [-0.25, -0.2) is 0 Å². The number of halogens is 1. The van der Waals surface area contributed by atoms with Crippen molar-refractivity contribution in [1.29, 1.82) is 0 Å². The Labute approximate surface area is 352 Å². The molecule has 5 aromatic rings. The zero-order valence-corrected chi connectivity index (χ0v) is 36.7. The second-order valence-corrected chi connectivity index (χ2v) is 22.2. The fourth-order valence-electron chi connectivity index (χ4n) is 8.64. The van der Waals surface area contributed by atoms with Crippen molar-refractivity contribution in [3.05, 3.63) is 178 Å². The van der Waals surface area contributed by atoms with E-state index in [1.807, 2.05) is 78.9 Å². The molecule has 0 bridgehead atoms. The standard InChI is InChI=1S/C50H61ClO6Si/c1-36(2)58(37(3)4,38(5)6)56-34-44-29-43(27-28-45(44)51)47-49(54-32-41-23-15-9-16-24-41)50(55-33-42-25-17-10-18-26-42)48(53-31-40-21-13-8-14-22-40)46(57-47)35-52-30-39-19-11-7-12-20-39/h7-29,36-38,46-50H,30-35H2,1-6H3/t46-,47?,48-,49+,50+/m1/s1. The third-order valence-corrected chi connectivity index (χ3v) is 17.9. The van der Waals surface area contributed by atoms with Crippen LogP contribution in [0.1, 0.15) is 81.0 Å². The topological polar surface area (TPSA) is 55.4 Å². The number of rotatable bonds is 20. The van der Waals surface area contributed by atoms with Crippen LogP contribution in [-0.2, 0) is 61.1 Å². The molecule has 1 heterocycles. The van der Waals surface area contributed by atoms with Gasteiger partial charge in [-0.3, -0.25) is 0 Å². The second-order valence-electron chi connectivity index (χ2n) is 16.3. The zero-order chi connectivity index (χ0) is 40.9. The molecule has 1 fully saturated rings. The van der Waals surface area contributed by atoms with E-state index in [2.05, 4.69) is 102 Å². The van der Waals surface area contributed by atoms with Crippen LogP contribution < -0.4 is 0 Å². The predicted octanol–water partition coefficient (Wildman–Crippen LogP) is 12.4. The van der Waals surface area contributed by atoms with Crippen LogP contribution in [-0.4, -0.2) is 39.3 Å². The van der Waals surface area contributed by atoms with Crippen LogP contribution in [0.5, 0.6) is 0 Å². The highest BCUT2D eigenvalue weighted by atomic mass is 35.5. The summed E-state index contributed by atoms with van der Waals surface area (Å²) in [4.78, 5) is 0. The van der Waals surface area contributed by atoms with Gasteiger partial charge < -0.3 is 28.1 Å². The molecule has 0 radical (unpaired) electrons. The van der Waals surface area contributed by atoms with E-state index in [0.29, 0.717) is 54.7 Å². The Kier molecular flexibility index (Phi) is 16.3. The first kappa shape index (κ1) is 43.9. The highest BCUT2D eigenvalue weighted by molar-refractivity contribution is 6.77. The number of benzene rings is 5. The van der Waals surface area contributed by atoms with Crippen molar-refractivity contribution >= 4 is 19.9 Å². The molecule has 6 nitrogen and oxygen atoms in total. The number of ether oxygens (including phenoxy) is 5. The monoisotopic (exact) mass is 820 g/mol. The minimum atomic E-state index is -2.18. The maximum atomic E-state index is 7.22. The van der Waals surface area contributed by atoms with Gasteiger partial charge in [-0.2, -0.15) is 0 Å². The Morgan fingerprint density at radius 2 is 0.948 bits per heavy atom. The molecule has 0 saturated carbocycles. The molecule has 1 unspecified atom stereocenters. The van der Waals surface area contributed by atoms with Gasteiger partial charge in [-0.05, 0) is 62.1 Å². The Morgan fingerprint density at radius 3 is 1.41 bits per heavy atom. The highest BCUT2D eigenvalue weighted by Gasteiger charge is 2.49. The molecule has 5 aromatic carbocycles. The van der Waals surface area contributed by atoms with Gasteiger partial charge in [0.25, 0.3) is 0 Å². The summed E-state index contributed by atoms with van der Waals surface area (Å²) in [5.41, 5.74) is 7.47. The summed E-state index contributed by atoms with van der Waals surface area (Å²) in [5.74, 6) is 0. The molecule has 308 valence electrons. The van der Waals surface area contributed by atoms with Gasteiger partial charge in [-0.1, -0.05) is 181 Å². The minimum Gasteiger partial charge on any atom is -0.412 e. The molecule has 1 aliphatic rings. The molecule has 5 atom stereocenters. The molecular formula is C50H61ClO6Si. The molecule has 1 aliphatic heterocycles. The molecule has 8 heteroatoms. The zero-order valence-electron chi connectivity index (χ0n) is 35.0. The van der Waals surface area contributed by atoms with Gasteiger partial charge in [0.1, 0.15) is 30.5 Å². The third-order valence-electron chi connectivity index (χ3n) is 11.5. The maximum absolute atomic E-state index is 7.22. The van der Waals surface area contributed by atoms with E-state index < -0.39 is 38.8 Å². The van der Waals surface area contributed by atoms with E-state index in [4.69, 9.17) is 39.7 Å². The summed E-state index contributed by atoms with van der Waals surface area (Å²) < 4.78 is 41.7. The predicted molar refractivity (Wildman–Crippen MR) is 236 cm³/mol. The smallest absolute Gasteiger partial charge is 0.200 e. The fourth-order valence-corrected chi connectivity index (χ4v) is 14.2. The summed E-state index contributed by atoms with van der Waals surface area (Å²) >= 11 is 7.00. The van der Waals surface area contributed by atoms with Crippen molar-refractivity contribution < 1.29 is 28.1 Å². The first-order valence-corrected chi connectivity index (χ1v) is 23.3. The molecule has 0 aromatic heterocycles.